The first kappa shape index (κ1) is 21.9. The van der Waals surface area contributed by atoms with Crippen molar-refractivity contribution in [3.8, 4) is 11.5 Å². The second kappa shape index (κ2) is 10.3. The number of nitrogens with one attached hydrogen (secondary N) is 1. The van der Waals surface area contributed by atoms with Crippen LogP contribution in [0.3, 0.4) is 0 Å². The van der Waals surface area contributed by atoms with Crippen molar-refractivity contribution in [1.29, 1.82) is 0 Å². The average Bonchev–Trinajstić information content (AvgIpc) is 2.75. The number of aliphatic imine (C=N–C) groups is 1. The molecule has 2 aromatic carbocycles. The van der Waals surface area contributed by atoms with Crippen LogP contribution < -0.4 is 14.8 Å². The summed E-state index contributed by atoms with van der Waals surface area (Å²) in [6.45, 7) is 4.16. The van der Waals surface area contributed by atoms with Gasteiger partial charge in [0.25, 0.3) is 0 Å². The van der Waals surface area contributed by atoms with E-state index < -0.39 is 0 Å². The maximum Gasteiger partial charge on any atom is 0.193 e. The lowest BCUT2D eigenvalue weighted by atomic mass is 9.99. The zero-order valence-electron chi connectivity index (χ0n) is 18.2. The number of nitrogens with zero attached hydrogens (tertiary/aromatic N) is 3. The highest BCUT2D eigenvalue weighted by molar-refractivity contribution is 5.79. The molecule has 30 heavy (non-hydrogen) atoms. The van der Waals surface area contributed by atoms with Gasteiger partial charge >= 0.3 is 0 Å². The number of ether oxygens (including phenoxy) is 2. The van der Waals surface area contributed by atoms with Gasteiger partial charge in [0, 0.05) is 46.8 Å². The van der Waals surface area contributed by atoms with Crippen LogP contribution in [0, 0.1) is 5.82 Å². The fourth-order valence-electron chi connectivity index (χ4n) is 3.83. The molecule has 0 bridgehead atoms. The molecule has 1 heterocycles. The van der Waals surface area contributed by atoms with Crippen molar-refractivity contribution < 1.29 is 13.9 Å². The number of guanidine groups is 1. The van der Waals surface area contributed by atoms with E-state index in [9.17, 15) is 4.39 Å². The third kappa shape index (κ3) is 5.42. The van der Waals surface area contributed by atoms with E-state index in [-0.39, 0.29) is 5.82 Å². The molecule has 0 aromatic heterocycles. The minimum atomic E-state index is -0.219. The Morgan fingerprint density at radius 1 is 1.17 bits per heavy atom. The summed E-state index contributed by atoms with van der Waals surface area (Å²) in [7, 11) is 7.06. The molecule has 6 nitrogen and oxygen atoms in total. The molecule has 7 heteroatoms. The molecule has 0 amide bonds. The molecule has 0 atom stereocenters. The first-order chi connectivity index (χ1) is 14.5. The molecular weight excluding hydrogens is 383 g/mol. The molecule has 0 spiro atoms. The van der Waals surface area contributed by atoms with Gasteiger partial charge in [0.15, 0.2) is 17.5 Å². The highest BCUT2D eigenvalue weighted by Crippen LogP contribution is 2.33. The van der Waals surface area contributed by atoms with Gasteiger partial charge in [0.1, 0.15) is 5.82 Å². The van der Waals surface area contributed by atoms with Crippen LogP contribution in [0.2, 0.25) is 0 Å². The fraction of sp³-hybridized carbons (Fsp3) is 0.435. The quantitative estimate of drug-likeness (QED) is 0.558. The van der Waals surface area contributed by atoms with Crippen molar-refractivity contribution in [3.05, 3.63) is 58.9 Å². The normalized spacial score (nSPS) is 14.2. The number of methoxy groups -OCH3 is 2. The van der Waals surface area contributed by atoms with Crippen molar-refractivity contribution >= 4 is 5.96 Å². The zero-order valence-corrected chi connectivity index (χ0v) is 18.2. The third-order valence-corrected chi connectivity index (χ3v) is 5.39. The van der Waals surface area contributed by atoms with Crippen LogP contribution in [-0.2, 0) is 19.5 Å². The average molecular weight is 415 g/mol. The van der Waals surface area contributed by atoms with Crippen molar-refractivity contribution in [3.63, 3.8) is 0 Å². The highest BCUT2D eigenvalue weighted by Gasteiger charge is 2.19. The van der Waals surface area contributed by atoms with Crippen molar-refractivity contribution in [2.24, 2.45) is 4.99 Å². The molecule has 1 aliphatic rings. The number of rotatable bonds is 7. The van der Waals surface area contributed by atoms with Crippen LogP contribution in [0.25, 0.3) is 0 Å². The van der Waals surface area contributed by atoms with Crippen LogP contribution in [0.15, 0.2) is 41.4 Å². The summed E-state index contributed by atoms with van der Waals surface area (Å²) in [5.74, 6) is 2.14. The molecule has 0 saturated carbocycles. The molecule has 3 rings (SSSR count). The monoisotopic (exact) mass is 414 g/mol. The summed E-state index contributed by atoms with van der Waals surface area (Å²) in [6, 6.07) is 10.8. The van der Waals surface area contributed by atoms with Crippen molar-refractivity contribution in [2.45, 2.75) is 19.5 Å². The largest absolute Gasteiger partial charge is 0.493 e. The van der Waals surface area contributed by atoms with Gasteiger partial charge in [-0.15, -0.1) is 0 Å². The Morgan fingerprint density at radius 3 is 2.57 bits per heavy atom. The summed E-state index contributed by atoms with van der Waals surface area (Å²) >= 11 is 0. The topological polar surface area (TPSA) is 49.3 Å². The first-order valence-corrected chi connectivity index (χ1v) is 10.2. The van der Waals surface area contributed by atoms with Crippen LogP contribution >= 0.6 is 0 Å². The summed E-state index contributed by atoms with van der Waals surface area (Å²) in [6.07, 6.45) is 0.990. The van der Waals surface area contributed by atoms with Gasteiger partial charge in [0.05, 0.1) is 14.2 Å². The summed E-state index contributed by atoms with van der Waals surface area (Å²) < 4.78 is 24.3. The minimum absolute atomic E-state index is 0.219. The van der Waals surface area contributed by atoms with Crippen LogP contribution in [0.5, 0.6) is 11.5 Å². The Morgan fingerprint density at radius 2 is 1.90 bits per heavy atom. The molecule has 2 aromatic rings. The van der Waals surface area contributed by atoms with E-state index in [4.69, 9.17) is 9.47 Å². The Kier molecular flexibility index (Phi) is 7.52. The second-order valence-corrected chi connectivity index (χ2v) is 7.46. The van der Waals surface area contributed by atoms with Gasteiger partial charge < -0.3 is 19.7 Å². The zero-order chi connectivity index (χ0) is 21.5. The Hall–Kier alpha value is -2.80. The van der Waals surface area contributed by atoms with Gasteiger partial charge in [0.2, 0.25) is 0 Å². The Bertz CT molecular complexity index is 888. The van der Waals surface area contributed by atoms with Crippen LogP contribution in [0.4, 0.5) is 4.39 Å². The van der Waals surface area contributed by atoms with E-state index in [0.29, 0.717) is 6.54 Å². The number of fused-ring (bicyclic) bond motifs is 1. The van der Waals surface area contributed by atoms with E-state index in [1.165, 1.54) is 17.2 Å². The number of halogens is 1. The molecule has 0 radical (unpaired) electrons. The molecule has 1 N–H and O–H groups in total. The smallest absolute Gasteiger partial charge is 0.193 e. The van der Waals surface area contributed by atoms with Gasteiger partial charge in [-0.25, -0.2) is 4.39 Å². The van der Waals surface area contributed by atoms with Gasteiger partial charge in [-0.2, -0.15) is 0 Å². The van der Waals surface area contributed by atoms with E-state index in [1.807, 2.05) is 18.0 Å². The van der Waals surface area contributed by atoms with E-state index in [2.05, 4.69) is 27.3 Å². The van der Waals surface area contributed by atoms with E-state index >= 15 is 0 Å². The molecule has 0 fully saturated rings. The number of benzene rings is 2. The van der Waals surface area contributed by atoms with Crippen LogP contribution in [0.1, 0.15) is 16.7 Å². The fourth-order valence-corrected chi connectivity index (χ4v) is 3.83. The predicted molar refractivity (Wildman–Crippen MR) is 118 cm³/mol. The molecule has 162 valence electrons. The lowest BCUT2D eigenvalue weighted by Crippen LogP contribution is -2.43. The number of hydrogen-bond donors (Lipinski definition) is 1. The summed E-state index contributed by atoms with van der Waals surface area (Å²) in [5, 5.41) is 3.41. The standard InChI is InChI=1S/C23H31FN4O2/c1-25-23(27(2)15-17-6-5-7-20(24)12-17)26-9-11-28-10-8-18-13-21(29-3)22(30-4)14-19(18)16-28/h5-7,12-14H,8-11,15-16H2,1-4H3,(H,25,26). The summed E-state index contributed by atoms with van der Waals surface area (Å²) in [4.78, 5) is 8.77. The maximum absolute atomic E-state index is 13.4. The van der Waals surface area contributed by atoms with Gasteiger partial charge in [-0.1, -0.05) is 12.1 Å². The second-order valence-electron chi connectivity index (χ2n) is 7.46. The van der Waals surface area contributed by atoms with Crippen LogP contribution in [-0.4, -0.2) is 63.7 Å². The van der Waals surface area contributed by atoms with Gasteiger partial charge in [-0.3, -0.25) is 9.89 Å². The van der Waals surface area contributed by atoms with E-state index in [1.54, 1.807) is 33.4 Å². The maximum atomic E-state index is 13.4. The Labute approximate surface area is 178 Å². The minimum Gasteiger partial charge on any atom is -0.493 e. The van der Waals surface area contributed by atoms with Gasteiger partial charge in [-0.05, 0) is 47.4 Å². The SMILES string of the molecule is CN=C(NCCN1CCc2cc(OC)c(OC)cc2C1)N(C)Cc1cccc(F)c1. The molecular formula is C23H31FN4O2. The Balaban J connectivity index is 1.52. The predicted octanol–water partition coefficient (Wildman–Crippen LogP) is 2.91. The highest BCUT2D eigenvalue weighted by atomic mass is 19.1. The first-order valence-electron chi connectivity index (χ1n) is 10.2. The number of hydrogen-bond acceptors (Lipinski definition) is 4. The van der Waals surface area contributed by atoms with Crippen molar-refractivity contribution in [2.75, 3.05) is 47.9 Å². The molecule has 1 aliphatic heterocycles. The molecule has 0 aliphatic carbocycles. The molecule has 0 saturated heterocycles. The van der Waals surface area contributed by atoms with Crippen molar-refractivity contribution in [1.82, 2.24) is 15.1 Å². The van der Waals surface area contributed by atoms with E-state index in [0.717, 1.165) is 55.6 Å². The lowest BCUT2D eigenvalue weighted by molar-refractivity contribution is 0.255. The summed E-state index contributed by atoms with van der Waals surface area (Å²) in [5.41, 5.74) is 3.52. The third-order valence-electron chi connectivity index (χ3n) is 5.39. The lowest BCUT2D eigenvalue weighted by Gasteiger charge is -2.30. The molecule has 0 unspecified atom stereocenters.